The maximum absolute atomic E-state index is 13.5. The first kappa shape index (κ1) is 22.4. The average Bonchev–Trinajstić information content (AvgIpc) is 2.67. The number of sulfonamides is 1. The number of hydrogen-bond donors (Lipinski definition) is 1. The molecule has 0 atom stereocenters. The SMILES string of the molecule is O=C(c1ccc(Cl)cc1NS(=O)(=O)c1ccc(F)c(C(F)(F)F)c1)N1CCCCC1. The Morgan fingerprint density at radius 3 is 2.33 bits per heavy atom. The fraction of sp³-hybridized carbons (Fsp3) is 0.316. The van der Waals surface area contributed by atoms with E-state index in [1.165, 1.54) is 18.2 Å². The van der Waals surface area contributed by atoms with E-state index in [9.17, 15) is 30.8 Å². The maximum atomic E-state index is 13.5. The highest BCUT2D eigenvalue weighted by Gasteiger charge is 2.35. The number of likely N-dealkylation sites (tertiary alicyclic amines) is 1. The molecule has 2 aromatic carbocycles. The lowest BCUT2D eigenvalue weighted by Gasteiger charge is -2.27. The Morgan fingerprint density at radius 1 is 1.03 bits per heavy atom. The molecule has 162 valence electrons. The summed E-state index contributed by atoms with van der Waals surface area (Å²) in [4.78, 5) is 13.6. The molecule has 1 fully saturated rings. The minimum atomic E-state index is -5.07. The van der Waals surface area contributed by atoms with Gasteiger partial charge in [-0.3, -0.25) is 9.52 Å². The average molecular weight is 465 g/mol. The molecule has 0 bridgehead atoms. The summed E-state index contributed by atoms with van der Waals surface area (Å²) in [6.07, 6.45) is -2.45. The Kier molecular flexibility index (Phi) is 6.28. The third-order valence-corrected chi connectivity index (χ3v) is 6.25. The largest absolute Gasteiger partial charge is 0.419 e. The topological polar surface area (TPSA) is 66.5 Å². The summed E-state index contributed by atoms with van der Waals surface area (Å²) in [5.41, 5.74) is -1.86. The van der Waals surface area contributed by atoms with Crippen molar-refractivity contribution in [2.24, 2.45) is 0 Å². The van der Waals surface area contributed by atoms with Crippen molar-refractivity contribution in [1.82, 2.24) is 4.90 Å². The van der Waals surface area contributed by atoms with Crippen LogP contribution < -0.4 is 4.72 Å². The lowest BCUT2D eigenvalue weighted by molar-refractivity contribution is -0.140. The van der Waals surface area contributed by atoms with Gasteiger partial charge in [0.1, 0.15) is 5.82 Å². The van der Waals surface area contributed by atoms with Gasteiger partial charge >= 0.3 is 6.18 Å². The molecule has 5 nitrogen and oxygen atoms in total. The number of nitrogens with one attached hydrogen (secondary N) is 1. The van der Waals surface area contributed by atoms with Crippen molar-refractivity contribution in [3.63, 3.8) is 0 Å². The van der Waals surface area contributed by atoms with Gasteiger partial charge in [-0.25, -0.2) is 12.8 Å². The van der Waals surface area contributed by atoms with E-state index in [1.807, 2.05) is 0 Å². The van der Waals surface area contributed by atoms with E-state index < -0.39 is 38.4 Å². The molecule has 0 saturated carbocycles. The van der Waals surface area contributed by atoms with Gasteiger partial charge in [0.15, 0.2) is 0 Å². The van der Waals surface area contributed by atoms with Crippen LogP contribution in [0, 0.1) is 5.82 Å². The fourth-order valence-electron chi connectivity index (χ4n) is 3.15. The highest BCUT2D eigenvalue weighted by molar-refractivity contribution is 7.92. The Labute approximate surface area is 175 Å². The summed E-state index contributed by atoms with van der Waals surface area (Å²) in [6, 6.07) is 5.30. The zero-order valence-electron chi connectivity index (χ0n) is 15.5. The van der Waals surface area contributed by atoms with E-state index in [1.54, 1.807) is 4.90 Å². The Morgan fingerprint density at radius 2 is 1.70 bits per heavy atom. The highest BCUT2D eigenvalue weighted by Crippen LogP contribution is 2.33. The third kappa shape index (κ3) is 4.86. The van der Waals surface area contributed by atoms with Crippen LogP contribution in [0.3, 0.4) is 0 Å². The Balaban J connectivity index is 1.97. The third-order valence-electron chi connectivity index (χ3n) is 4.65. The van der Waals surface area contributed by atoms with Crippen LogP contribution in [0.4, 0.5) is 23.2 Å². The predicted octanol–water partition coefficient (Wildman–Crippen LogP) is 4.92. The fourth-order valence-corrected chi connectivity index (χ4v) is 4.42. The van der Waals surface area contributed by atoms with Gasteiger partial charge in [0.2, 0.25) is 0 Å². The van der Waals surface area contributed by atoms with Gasteiger partial charge < -0.3 is 4.90 Å². The standard InChI is InChI=1S/C19H17ClF4N2O3S/c20-12-4-6-14(18(27)26-8-2-1-3-9-26)17(10-12)25-30(28,29)13-5-7-16(21)15(11-13)19(22,23)24/h4-7,10-11,25H,1-3,8-9H2. The molecule has 0 radical (unpaired) electrons. The second-order valence-electron chi connectivity index (χ2n) is 6.79. The van der Waals surface area contributed by atoms with Crippen molar-refractivity contribution in [2.75, 3.05) is 17.8 Å². The number of rotatable bonds is 4. The van der Waals surface area contributed by atoms with Gasteiger partial charge in [-0.15, -0.1) is 0 Å². The number of carbonyl (C=O) groups is 1. The quantitative estimate of drug-likeness (QED) is 0.653. The van der Waals surface area contributed by atoms with Crippen LogP contribution in [0.1, 0.15) is 35.2 Å². The number of alkyl halides is 3. The number of benzene rings is 2. The molecule has 1 N–H and O–H groups in total. The first-order valence-corrected chi connectivity index (χ1v) is 10.8. The minimum Gasteiger partial charge on any atom is -0.339 e. The molecule has 0 aliphatic carbocycles. The van der Waals surface area contributed by atoms with Crippen LogP contribution in [0.2, 0.25) is 5.02 Å². The maximum Gasteiger partial charge on any atom is 0.419 e. The van der Waals surface area contributed by atoms with Crippen LogP contribution in [0.5, 0.6) is 0 Å². The summed E-state index contributed by atoms with van der Waals surface area (Å²) in [7, 11) is -4.56. The van der Waals surface area contributed by atoms with Crippen LogP contribution in [-0.2, 0) is 16.2 Å². The molecule has 0 unspecified atom stereocenters. The van der Waals surface area contributed by atoms with Crippen LogP contribution in [0.15, 0.2) is 41.3 Å². The number of piperidine rings is 1. The van der Waals surface area contributed by atoms with Crippen molar-refractivity contribution < 1.29 is 30.8 Å². The first-order chi connectivity index (χ1) is 14.0. The van der Waals surface area contributed by atoms with Gasteiger partial charge in [0.05, 0.1) is 21.7 Å². The molecular weight excluding hydrogens is 448 g/mol. The summed E-state index contributed by atoms with van der Waals surface area (Å²) >= 11 is 5.93. The number of carbonyl (C=O) groups excluding carboxylic acids is 1. The zero-order chi connectivity index (χ0) is 22.1. The first-order valence-electron chi connectivity index (χ1n) is 8.97. The lowest BCUT2D eigenvalue weighted by Crippen LogP contribution is -2.36. The number of anilines is 1. The van der Waals surface area contributed by atoms with Gasteiger partial charge in [-0.2, -0.15) is 13.2 Å². The molecule has 11 heteroatoms. The normalized spacial score (nSPS) is 15.2. The van der Waals surface area contributed by atoms with Crippen LogP contribution >= 0.6 is 11.6 Å². The Hall–Kier alpha value is -2.33. The van der Waals surface area contributed by atoms with Gasteiger partial charge in [-0.05, 0) is 55.7 Å². The molecule has 1 amide bonds. The molecule has 1 saturated heterocycles. The van der Waals surface area contributed by atoms with Crippen molar-refractivity contribution in [3.05, 3.63) is 58.4 Å². The number of nitrogens with zero attached hydrogens (tertiary/aromatic N) is 1. The summed E-state index contributed by atoms with van der Waals surface area (Å²) in [6.45, 7) is 1.03. The molecule has 0 aromatic heterocycles. The second kappa shape index (κ2) is 8.43. The van der Waals surface area contributed by atoms with E-state index >= 15 is 0 Å². The molecule has 1 aliphatic heterocycles. The van der Waals surface area contributed by atoms with Crippen LogP contribution in [-0.4, -0.2) is 32.3 Å². The van der Waals surface area contributed by atoms with Crippen molar-refractivity contribution >= 4 is 33.2 Å². The molecular formula is C19H17ClF4N2O3S. The molecule has 2 aromatic rings. The highest BCUT2D eigenvalue weighted by atomic mass is 35.5. The van der Waals surface area contributed by atoms with E-state index in [2.05, 4.69) is 4.72 Å². The number of amides is 1. The second-order valence-corrected chi connectivity index (χ2v) is 8.91. The number of hydrogen-bond acceptors (Lipinski definition) is 3. The number of halogens is 5. The summed E-state index contributed by atoms with van der Waals surface area (Å²) in [5, 5.41) is 0.123. The summed E-state index contributed by atoms with van der Waals surface area (Å²) in [5.74, 6) is -2.01. The Bertz CT molecular complexity index is 1070. The summed E-state index contributed by atoms with van der Waals surface area (Å²) < 4.78 is 79.8. The smallest absolute Gasteiger partial charge is 0.339 e. The van der Waals surface area contributed by atoms with Crippen molar-refractivity contribution in [2.45, 2.75) is 30.3 Å². The lowest BCUT2D eigenvalue weighted by atomic mass is 10.1. The molecule has 3 rings (SSSR count). The van der Waals surface area contributed by atoms with Gasteiger partial charge in [-0.1, -0.05) is 11.6 Å². The predicted molar refractivity (Wildman–Crippen MR) is 103 cm³/mol. The van der Waals surface area contributed by atoms with E-state index in [-0.39, 0.29) is 22.3 Å². The van der Waals surface area contributed by atoms with Gasteiger partial charge in [0, 0.05) is 18.1 Å². The zero-order valence-corrected chi connectivity index (χ0v) is 17.0. The van der Waals surface area contributed by atoms with Crippen molar-refractivity contribution in [1.29, 1.82) is 0 Å². The van der Waals surface area contributed by atoms with Gasteiger partial charge in [0.25, 0.3) is 15.9 Å². The van der Waals surface area contributed by atoms with Crippen LogP contribution in [0.25, 0.3) is 0 Å². The molecule has 30 heavy (non-hydrogen) atoms. The monoisotopic (exact) mass is 464 g/mol. The van der Waals surface area contributed by atoms with E-state index in [0.29, 0.717) is 25.2 Å². The van der Waals surface area contributed by atoms with E-state index in [0.717, 1.165) is 19.3 Å². The molecule has 0 spiro atoms. The molecule has 1 heterocycles. The van der Waals surface area contributed by atoms with E-state index in [4.69, 9.17) is 11.6 Å². The minimum absolute atomic E-state index is 0.0167. The van der Waals surface area contributed by atoms with Crippen molar-refractivity contribution in [3.8, 4) is 0 Å². The molecule has 1 aliphatic rings.